The molecule has 1 atom stereocenters. The van der Waals surface area contributed by atoms with Gasteiger partial charge in [0.25, 0.3) is 0 Å². The summed E-state index contributed by atoms with van der Waals surface area (Å²) in [6.07, 6.45) is -1.49. The number of nitrogens with zero attached hydrogens (tertiary/aromatic N) is 2. The molecule has 2 heterocycles. The standard InChI is InChI=1S/C21H23Cl2F3N4O2/c1-20(32,21(24,25)26)13-10-15(22)18(16(23)11-13)29-19(31)27-12-14-6-5-7-17(28-14)30-8-3-2-4-9-30/h5-7,10-11,32H,2-4,8-9,12H2,1H3,(H2,27,29,31). The summed E-state index contributed by atoms with van der Waals surface area (Å²) in [7, 11) is 0. The third-order valence-corrected chi connectivity index (χ3v) is 5.89. The normalized spacial score (nSPS) is 16.4. The molecule has 1 fully saturated rings. The van der Waals surface area contributed by atoms with E-state index in [1.54, 1.807) is 6.07 Å². The van der Waals surface area contributed by atoms with Crippen molar-refractivity contribution in [2.24, 2.45) is 0 Å². The number of halogens is 5. The molecular formula is C21H23Cl2F3N4O2. The van der Waals surface area contributed by atoms with Crippen LogP contribution in [0.4, 0.5) is 29.5 Å². The van der Waals surface area contributed by atoms with Gasteiger partial charge in [-0.1, -0.05) is 29.3 Å². The molecule has 3 rings (SSSR count). The van der Waals surface area contributed by atoms with Crippen LogP contribution in [0.5, 0.6) is 0 Å². The fourth-order valence-corrected chi connectivity index (χ4v) is 3.91. The molecule has 1 aliphatic heterocycles. The van der Waals surface area contributed by atoms with Gasteiger partial charge in [0, 0.05) is 13.1 Å². The van der Waals surface area contributed by atoms with Gasteiger partial charge in [-0.05, 0) is 56.0 Å². The number of alkyl halides is 3. The average Bonchev–Trinajstić information content (AvgIpc) is 2.74. The van der Waals surface area contributed by atoms with Crippen molar-refractivity contribution in [2.45, 2.75) is 44.5 Å². The van der Waals surface area contributed by atoms with Crippen molar-refractivity contribution in [3.63, 3.8) is 0 Å². The van der Waals surface area contributed by atoms with E-state index in [-0.39, 0.29) is 22.3 Å². The second kappa shape index (κ2) is 9.72. The molecule has 0 radical (unpaired) electrons. The number of amides is 2. The summed E-state index contributed by atoms with van der Waals surface area (Å²) >= 11 is 12.1. The maximum Gasteiger partial charge on any atom is 0.421 e. The number of carbonyl (C=O) groups excluding carboxylic acids is 1. The van der Waals surface area contributed by atoms with E-state index in [1.165, 1.54) is 6.42 Å². The van der Waals surface area contributed by atoms with E-state index in [4.69, 9.17) is 23.2 Å². The molecule has 6 nitrogen and oxygen atoms in total. The molecule has 0 bridgehead atoms. The lowest BCUT2D eigenvalue weighted by Crippen LogP contribution is -2.39. The fraction of sp³-hybridized carbons (Fsp3) is 0.429. The van der Waals surface area contributed by atoms with Gasteiger partial charge in [-0.3, -0.25) is 0 Å². The number of rotatable bonds is 5. The van der Waals surface area contributed by atoms with E-state index >= 15 is 0 Å². The number of piperidine rings is 1. The van der Waals surface area contributed by atoms with Crippen LogP contribution in [0.15, 0.2) is 30.3 Å². The topological polar surface area (TPSA) is 77.5 Å². The van der Waals surface area contributed by atoms with Crippen LogP contribution < -0.4 is 15.5 Å². The number of nitrogens with one attached hydrogen (secondary N) is 2. The van der Waals surface area contributed by atoms with Crippen LogP contribution >= 0.6 is 23.2 Å². The Kier molecular flexibility index (Phi) is 7.42. The van der Waals surface area contributed by atoms with Crippen molar-refractivity contribution in [1.29, 1.82) is 0 Å². The lowest BCUT2D eigenvalue weighted by molar-refractivity contribution is -0.258. The number of urea groups is 1. The highest BCUT2D eigenvalue weighted by Crippen LogP contribution is 2.42. The molecule has 11 heteroatoms. The zero-order valence-corrected chi connectivity index (χ0v) is 18.8. The molecule has 174 valence electrons. The third-order valence-electron chi connectivity index (χ3n) is 5.30. The highest BCUT2D eigenvalue weighted by molar-refractivity contribution is 6.39. The zero-order valence-electron chi connectivity index (χ0n) is 17.3. The van der Waals surface area contributed by atoms with Crippen LogP contribution in [0.3, 0.4) is 0 Å². The Morgan fingerprint density at radius 1 is 1.16 bits per heavy atom. The van der Waals surface area contributed by atoms with Gasteiger partial charge in [0.1, 0.15) is 5.82 Å². The van der Waals surface area contributed by atoms with Gasteiger partial charge in [-0.15, -0.1) is 0 Å². The Hall–Kier alpha value is -2.23. The van der Waals surface area contributed by atoms with Crippen LogP contribution in [-0.2, 0) is 12.1 Å². The first kappa shape index (κ1) is 24.4. The summed E-state index contributed by atoms with van der Waals surface area (Å²) < 4.78 is 39.2. The van der Waals surface area contributed by atoms with Gasteiger partial charge >= 0.3 is 12.2 Å². The molecule has 1 aromatic carbocycles. The summed E-state index contributed by atoms with van der Waals surface area (Å²) in [5, 5.41) is 14.4. The maximum absolute atomic E-state index is 13.1. The Bertz CT molecular complexity index is 957. The summed E-state index contributed by atoms with van der Waals surface area (Å²) in [5.74, 6) is 0.850. The van der Waals surface area contributed by atoms with Gasteiger partial charge in [-0.25, -0.2) is 9.78 Å². The number of benzene rings is 1. The van der Waals surface area contributed by atoms with Crippen molar-refractivity contribution in [2.75, 3.05) is 23.3 Å². The number of hydrogen-bond donors (Lipinski definition) is 3. The van der Waals surface area contributed by atoms with E-state index in [1.807, 2.05) is 12.1 Å². The van der Waals surface area contributed by atoms with E-state index in [0.29, 0.717) is 12.6 Å². The Balaban J connectivity index is 1.65. The van der Waals surface area contributed by atoms with Gasteiger partial charge in [0.15, 0.2) is 5.60 Å². The summed E-state index contributed by atoms with van der Waals surface area (Å²) in [5.41, 5.74) is -3.10. The fourth-order valence-electron chi connectivity index (χ4n) is 3.33. The highest BCUT2D eigenvalue weighted by Gasteiger charge is 2.51. The molecular weight excluding hydrogens is 468 g/mol. The second-order valence-electron chi connectivity index (χ2n) is 7.73. The molecule has 0 aliphatic carbocycles. The van der Waals surface area contributed by atoms with Gasteiger partial charge in [-0.2, -0.15) is 13.2 Å². The molecule has 2 aromatic rings. The lowest BCUT2D eigenvalue weighted by Gasteiger charge is -2.28. The predicted octanol–water partition coefficient (Wildman–Crippen LogP) is 5.47. The van der Waals surface area contributed by atoms with Gasteiger partial charge in [0.2, 0.25) is 0 Å². The Labute approximate surface area is 193 Å². The minimum Gasteiger partial charge on any atom is -0.376 e. The van der Waals surface area contributed by atoms with Crippen LogP contribution in [0.2, 0.25) is 10.0 Å². The maximum atomic E-state index is 13.1. The van der Waals surface area contributed by atoms with Crippen LogP contribution in [0, 0.1) is 0 Å². The molecule has 1 aromatic heterocycles. The molecule has 2 amide bonds. The summed E-state index contributed by atoms with van der Waals surface area (Å²) in [4.78, 5) is 19.1. The van der Waals surface area contributed by atoms with Crippen LogP contribution in [-0.4, -0.2) is 35.4 Å². The monoisotopic (exact) mass is 490 g/mol. The van der Waals surface area contributed by atoms with E-state index in [2.05, 4.69) is 20.5 Å². The van der Waals surface area contributed by atoms with Gasteiger partial charge < -0.3 is 20.6 Å². The Morgan fingerprint density at radius 2 is 1.78 bits per heavy atom. The summed E-state index contributed by atoms with van der Waals surface area (Å²) in [6, 6.07) is 6.74. The first-order valence-electron chi connectivity index (χ1n) is 10.0. The van der Waals surface area contributed by atoms with E-state index in [0.717, 1.165) is 43.9 Å². The van der Waals surface area contributed by atoms with Crippen LogP contribution in [0.25, 0.3) is 0 Å². The smallest absolute Gasteiger partial charge is 0.376 e. The second-order valence-corrected chi connectivity index (χ2v) is 8.54. The van der Waals surface area contributed by atoms with Crippen molar-refractivity contribution in [3.8, 4) is 0 Å². The Morgan fingerprint density at radius 3 is 2.38 bits per heavy atom. The van der Waals surface area contributed by atoms with Crippen LogP contribution in [0.1, 0.15) is 37.4 Å². The first-order valence-corrected chi connectivity index (χ1v) is 10.8. The first-order chi connectivity index (χ1) is 15.0. The van der Waals surface area contributed by atoms with Crippen molar-refractivity contribution in [3.05, 3.63) is 51.6 Å². The predicted molar refractivity (Wildman–Crippen MR) is 118 cm³/mol. The van der Waals surface area contributed by atoms with Gasteiger partial charge in [0.05, 0.1) is 28.0 Å². The quantitative estimate of drug-likeness (QED) is 0.519. The SMILES string of the molecule is CC(O)(c1cc(Cl)c(NC(=O)NCc2cccc(N3CCCCC3)n2)c(Cl)c1)C(F)(F)F. The average molecular weight is 491 g/mol. The minimum absolute atomic E-state index is 0.0671. The number of aromatic nitrogens is 1. The summed E-state index contributed by atoms with van der Waals surface area (Å²) in [6.45, 7) is 2.61. The number of anilines is 2. The number of carbonyl (C=O) groups is 1. The molecule has 1 saturated heterocycles. The molecule has 1 aliphatic rings. The van der Waals surface area contributed by atoms with E-state index < -0.39 is 23.4 Å². The van der Waals surface area contributed by atoms with Crippen molar-refractivity contribution >= 4 is 40.7 Å². The minimum atomic E-state index is -4.93. The third kappa shape index (κ3) is 5.57. The number of aliphatic hydroxyl groups is 1. The largest absolute Gasteiger partial charge is 0.421 e. The number of pyridine rings is 1. The molecule has 3 N–H and O–H groups in total. The number of hydrogen-bond acceptors (Lipinski definition) is 4. The molecule has 32 heavy (non-hydrogen) atoms. The lowest BCUT2D eigenvalue weighted by atomic mass is 9.95. The molecule has 0 spiro atoms. The molecule has 1 unspecified atom stereocenters. The zero-order chi connectivity index (χ0) is 23.5. The van der Waals surface area contributed by atoms with E-state index in [9.17, 15) is 23.1 Å². The van der Waals surface area contributed by atoms with Crippen molar-refractivity contribution < 1.29 is 23.1 Å². The van der Waals surface area contributed by atoms with Crippen molar-refractivity contribution in [1.82, 2.24) is 10.3 Å². The molecule has 0 saturated carbocycles. The highest BCUT2D eigenvalue weighted by atomic mass is 35.5.